The first-order valence-electron chi connectivity index (χ1n) is 11.6. The summed E-state index contributed by atoms with van der Waals surface area (Å²) < 4.78 is 26.9. The average molecular weight is 516 g/mol. The first kappa shape index (κ1) is 27.6. The van der Waals surface area contributed by atoms with E-state index in [9.17, 15) is 24.0 Å². The molecule has 11 nitrogen and oxygen atoms in total. The Hall–Kier alpha value is -3.99. The van der Waals surface area contributed by atoms with Crippen molar-refractivity contribution in [3.05, 3.63) is 48.0 Å². The van der Waals surface area contributed by atoms with E-state index in [0.717, 1.165) is 37.1 Å². The minimum absolute atomic E-state index is 0.0491. The molecule has 0 aliphatic carbocycles. The number of hydrogen-bond donors (Lipinski definition) is 1. The molecule has 11 heteroatoms. The van der Waals surface area contributed by atoms with Crippen LogP contribution >= 0.6 is 0 Å². The lowest BCUT2D eigenvalue weighted by Gasteiger charge is -2.44. The molecule has 0 aromatic heterocycles. The van der Waals surface area contributed by atoms with Gasteiger partial charge in [-0.25, -0.2) is 0 Å². The van der Waals surface area contributed by atoms with Crippen molar-refractivity contribution in [1.29, 1.82) is 0 Å². The first-order valence-corrected chi connectivity index (χ1v) is 11.6. The molecule has 0 spiro atoms. The molecule has 198 valence electrons. The standard InChI is InChI=1S/C26H29NO10/c1-14(28)33-13-21-24(34-15(2)29)25(35-16(3)30)23(26(37-21)36-17(4)31)27-22(32)12-19-10-7-9-18-8-5-6-11-20(18)19/h5-11,21,23-26H,12-13H2,1-4H3,(H,27,32)/t21-,23-,24+,25+,26-/m0/s1. The van der Waals surface area contributed by atoms with Crippen LogP contribution in [0.1, 0.15) is 33.3 Å². The normalized spacial score (nSPS) is 23.0. The summed E-state index contributed by atoms with van der Waals surface area (Å²) >= 11 is 0. The Morgan fingerprint density at radius 3 is 2.05 bits per heavy atom. The summed E-state index contributed by atoms with van der Waals surface area (Å²) in [6, 6.07) is 11.9. The Morgan fingerprint density at radius 2 is 1.41 bits per heavy atom. The summed E-state index contributed by atoms with van der Waals surface area (Å²) in [6.45, 7) is 4.20. The number of hydrogen-bond acceptors (Lipinski definition) is 10. The Kier molecular flexibility index (Phi) is 9.18. The van der Waals surface area contributed by atoms with Crippen molar-refractivity contribution in [2.45, 2.75) is 64.8 Å². The second-order valence-electron chi connectivity index (χ2n) is 8.51. The lowest BCUT2D eigenvalue weighted by molar-refractivity contribution is -0.271. The van der Waals surface area contributed by atoms with Gasteiger partial charge in [0, 0.05) is 27.7 Å². The van der Waals surface area contributed by atoms with E-state index in [0.29, 0.717) is 0 Å². The number of carbonyl (C=O) groups is 5. The van der Waals surface area contributed by atoms with Crippen LogP contribution in [-0.2, 0) is 54.1 Å². The lowest BCUT2D eigenvalue weighted by atomic mass is 9.95. The molecule has 37 heavy (non-hydrogen) atoms. The largest absolute Gasteiger partial charge is 0.463 e. The number of esters is 4. The van der Waals surface area contributed by atoms with Crippen LogP contribution in [0, 0.1) is 0 Å². The summed E-state index contributed by atoms with van der Waals surface area (Å²) in [5.74, 6) is -3.34. The SMILES string of the molecule is CC(=O)OC[C@@H]1O[C@H](OC(C)=O)[C@@H](NC(=O)Cc2cccc3ccccc23)[C@@H](OC(C)=O)[C@@H]1OC(C)=O. The minimum Gasteiger partial charge on any atom is -0.463 e. The summed E-state index contributed by atoms with van der Waals surface area (Å²) in [5.41, 5.74) is 0.740. The van der Waals surface area contributed by atoms with Crippen molar-refractivity contribution in [3.8, 4) is 0 Å². The highest BCUT2D eigenvalue weighted by molar-refractivity contribution is 5.90. The maximum atomic E-state index is 13.2. The third kappa shape index (κ3) is 7.50. The zero-order chi connectivity index (χ0) is 27.1. The van der Waals surface area contributed by atoms with Crippen LogP contribution in [0.2, 0.25) is 0 Å². The van der Waals surface area contributed by atoms with Gasteiger partial charge in [0.1, 0.15) is 18.8 Å². The molecule has 3 rings (SSSR count). The average Bonchev–Trinajstić information content (AvgIpc) is 2.81. The van der Waals surface area contributed by atoms with Crippen molar-refractivity contribution < 1.29 is 47.7 Å². The predicted molar refractivity (Wildman–Crippen MR) is 128 cm³/mol. The third-order valence-corrected chi connectivity index (χ3v) is 5.54. The molecule has 0 bridgehead atoms. The smallest absolute Gasteiger partial charge is 0.305 e. The molecule has 1 amide bonds. The van der Waals surface area contributed by atoms with Gasteiger partial charge in [0.05, 0.1) is 6.42 Å². The third-order valence-electron chi connectivity index (χ3n) is 5.54. The monoisotopic (exact) mass is 515 g/mol. The molecular formula is C26H29NO10. The van der Waals surface area contributed by atoms with Crippen LogP contribution in [0.25, 0.3) is 10.8 Å². The van der Waals surface area contributed by atoms with Gasteiger partial charge in [0.15, 0.2) is 12.2 Å². The topological polar surface area (TPSA) is 144 Å². The number of rotatable bonds is 8. The fourth-order valence-corrected chi connectivity index (χ4v) is 4.18. The Labute approximate surface area is 213 Å². The number of ether oxygens (including phenoxy) is 5. The maximum Gasteiger partial charge on any atom is 0.305 e. The molecule has 1 N–H and O–H groups in total. The molecule has 1 aliphatic rings. The molecule has 5 atom stereocenters. The molecule has 1 aliphatic heterocycles. The fraction of sp³-hybridized carbons (Fsp3) is 0.423. The second-order valence-corrected chi connectivity index (χ2v) is 8.51. The quantitative estimate of drug-likeness (QED) is 0.406. The van der Waals surface area contributed by atoms with Gasteiger partial charge in [-0.2, -0.15) is 0 Å². The van der Waals surface area contributed by atoms with Gasteiger partial charge in [-0.3, -0.25) is 24.0 Å². The number of fused-ring (bicyclic) bond motifs is 1. The molecule has 2 aromatic carbocycles. The van der Waals surface area contributed by atoms with E-state index in [1.54, 1.807) is 0 Å². The number of benzene rings is 2. The summed E-state index contributed by atoms with van der Waals surface area (Å²) in [7, 11) is 0. The van der Waals surface area contributed by atoms with E-state index in [4.69, 9.17) is 23.7 Å². The first-order chi connectivity index (χ1) is 17.5. The Bertz CT molecular complexity index is 1170. The summed E-state index contributed by atoms with van der Waals surface area (Å²) in [6.07, 6.45) is -5.25. The van der Waals surface area contributed by atoms with Crippen molar-refractivity contribution in [3.63, 3.8) is 0 Å². The van der Waals surface area contributed by atoms with Gasteiger partial charge in [-0.15, -0.1) is 0 Å². The molecule has 0 radical (unpaired) electrons. The van der Waals surface area contributed by atoms with E-state index in [2.05, 4.69) is 5.32 Å². The fourth-order valence-electron chi connectivity index (χ4n) is 4.18. The number of carbonyl (C=O) groups excluding carboxylic acids is 5. The number of amides is 1. The Balaban J connectivity index is 1.93. The van der Waals surface area contributed by atoms with Gasteiger partial charge < -0.3 is 29.0 Å². The minimum atomic E-state index is -1.44. The van der Waals surface area contributed by atoms with Gasteiger partial charge in [-0.1, -0.05) is 42.5 Å². The van der Waals surface area contributed by atoms with Crippen LogP contribution in [0.15, 0.2) is 42.5 Å². The second kappa shape index (κ2) is 12.3. The van der Waals surface area contributed by atoms with Crippen molar-refractivity contribution >= 4 is 40.6 Å². The van der Waals surface area contributed by atoms with Crippen molar-refractivity contribution in [2.75, 3.05) is 6.61 Å². The van der Waals surface area contributed by atoms with Gasteiger partial charge in [-0.05, 0) is 16.3 Å². The van der Waals surface area contributed by atoms with Crippen LogP contribution in [-0.4, -0.2) is 67.0 Å². The van der Waals surface area contributed by atoms with Gasteiger partial charge in [0.25, 0.3) is 0 Å². The summed E-state index contributed by atoms with van der Waals surface area (Å²) in [4.78, 5) is 60.3. The van der Waals surface area contributed by atoms with E-state index in [1.165, 1.54) is 6.92 Å². The Morgan fingerprint density at radius 1 is 0.784 bits per heavy atom. The highest BCUT2D eigenvalue weighted by Gasteiger charge is 2.52. The summed E-state index contributed by atoms with van der Waals surface area (Å²) in [5, 5.41) is 4.55. The van der Waals surface area contributed by atoms with Gasteiger partial charge >= 0.3 is 23.9 Å². The molecular weight excluding hydrogens is 486 g/mol. The molecule has 0 unspecified atom stereocenters. The molecule has 1 saturated heterocycles. The zero-order valence-electron chi connectivity index (χ0n) is 20.9. The van der Waals surface area contributed by atoms with E-state index >= 15 is 0 Å². The zero-order valence-corrected chi connectivity index (χ0v) is 20.9. The lowest BCUT2D eigenvalue weighted by Crippen LogP contribution is -2.67. The van der Waals surface area contributed by atoms with Crippen molar-refractivity contribution in [1.82, 2.24) is 5.32 Å². The maximum absolute atomic E-state index is 13.2. The molecule has 0 saturated carbocycles. The van der Waals surface area contributed by atoms with Crippen molar-refractivity contribution in [2.24, 2.45) is 0 Å². The van der Waals surface area contributed by atoms with E-state index < -0.39 is 60.4 Å². The molecule has 2 aromatic rings. The van der Waals surface area contributed by atoms with Gasteiger partial charge in [0.2, 0.25) is 12.2 Å². The van der Waals surface area contributed by atoms with Crippen LogP contribution in [0.3, 0.4) is 0 Å². The molecule has 1 fully saturated rings. The highest BCUT2D eigenvalue weighted by Crippen LogP contribution is 2.28. The number of nitrogens with one attached hydrogen (secondary N) is 1. The predicted octanol–water partition coefficient (Wildman–Crippen LogP) is 1.58. The molecule has 1 heterocycles. The van der Waals surface area contributed by atoms with Crippen LogP contribution in [0.5, 0.6) is 0 Å². The highest BCUT2D eigenvalue weighted by atomic mass is 16.7. The van der Waals surface area contributed by atoms with Crippen LogP contribution < -0.4 is 5.32 Å². The van der Waals surface area contributed by atoms with E-state index in [-0.39, 0.29) is 13.0 Å². The van der Waals surface area contributed by atoms with E-state index in [1.807, 2.05) is 42.5 Å². The van der Waals surface area contributed by atoms with Crippen LogP contribution in [0.4, 0.5) is 0 Å².